The van der Waals surface area contributed by atoms with Crippen molar-refractivity contribution in [2.45, 2.75) is 6.92 Å². The van der Waals surface area contributed by atoms with Crippen molar-refractivity contribution in [1.82, 2.24) is 9.97 Å². The van der Waals surface area contributed by atoms with Crippen LogP contribution >= 0.6 is 22.9 Å². The van der Waals surface area contributed by atoms with Gasteiger partial charge in [0.1, 0.15) is 0 Å². The Morgan fingerprint density at radius 2 is 1.77 bits per heavy atom. The molecule has 0 atom stereocenters. The zero-order chi connectivity index (χ0) is 15.5. The Labute approximate surface area is 136 Å². The number of carbonyl (C=O) groups is 1. The third-order valence-corrected chi connectivity index (χ3v) is 4.23. The minimum Gasteiger partial charge on any atom is -0.319 e. The number of benzene rings is 1. The monoisotopic (exact) mass is 329 g/mol. The summed E-state index contributed by atoms with van der Waals surface area (Å²) >= 11 is 7.31. The van der Waals surface area contributed by atoms with Gasteiger partial charge in [0, 0.05) is 15.5 Å². The van der Waals surface area contributed by atoms with Gasteiger partial charge in [0.15, 0.2) is 5.82 Å². The van der Waals surface area contributed by atoms with Gasteiger partial charge in [0.25, 0.3) is 5.91 Å². The Hall–Kier alpha value is -2.24. The number of hydrogen-bond donors (Lipinski definition) is 1. The van der Waals surface area contributed by atoms with E-state index in [0.29, 0.717) is 21.4 Å². The molecule has 3 rings (SSSR count). The number of anilines is 1. The minimum atomic E-state index is -0.152. The molecule has 0 bridgehead atoms. The van der Waals surface area contributed by atoms with Crippen molar-refractivity contribution in [2.24, 2.45) is 0 Å². The first-order valence-electron chi connectivity index (χ1n) is 6.57. The van der Waals surface area contributed by atoms with Crippen molar-refractivity contribution in [3.8, 4) is 11.4 Å². The number of aryl methyl sites for hydroxylation is 1. The van der Waals surface area contributed by atoms with E-state index in [1.54, 1.807) is 30.6 Å². The van der Waals surface area contributed by atoms with Crippen molar-refractivity contribution >= 4 is 34.5 Å². The molecule has 0 saturated heterocycles. The summed E-state index contributed by atoms with van der Waals surface area (Å²) in [6.07, 6.45) is 3.19. The van der Waals surface area contributed by atoms with Gasteiger partial charge in [0.2, 0.25) is 0 Å². The normalized spacial score (nSPS) is 10.5. The summed E-state index contributed by atoms with van der Waals surface area (Å²) in [5, 5.41) is 3.45. The molecule has 1 aromatic carbocycles. The fourth-order valence-corrected chi connectivity index (χ4v) is 2.78. The van der Waals surface area contributed by atoms with Gasteiger partial charge in [-0.15, -0.1) is 11.3 Å². The largest absolute Gasteiger partial charge is 0.319 e. The summed E-state index contributed by atoms with van der Waals surface area (Å²) in [7, 11) is 0. The lowest BCUT2D eigenvalue weighted by Gasteiger charge is -2.04. The van der Waals surface area contributed by atoms with E-state index in [1.165, 1.54) is 11.3 Å². The van der Waals surface area contributed by atoms with E-state index >= 15 is 0 Å². The molecule has 0 saturated carbocycles. The number of nitrogens with one attached hydrogen (secondary N) is 1. The van der Waals surface area contributed by atoms with Crippen LogP contribution in [0.1, 0.15) is 14.5 Å². The van der Waals surface area contributed by atoms with Crippen LogP contribution in [0.2, 0.25) is 5.02 Å². The van der Waals surface area contributed by atoms with Crippen molar-refractivity contribution < 1.29 is 4.79 Å². The molecule has 3 aromatic rings. The Morgan fingerprint density at radius 3 is 2.36 bits per heavy atom. The summed E-state index contributed by atoms with van der Waals surface area (Å²) in [4.78, 5) is 22.3. The number of carbonyl (C=O) groups excluding carboxylic acids is 1. The maximum atomic E-state index is 12.0. The third-order valence-electron chi connectivity index (χ3n) is 2.98. The van der Waals surface area contributed by atoms with E-state index < -0.39 is 0 Å². The Bertz CT molecular complexity index is 797. The second kappa shape index (κ2) is 6.25. The first kappa shape index (κ1) is 14.7. The third kappa shape index (κ3) is 3.32. The van der Waals surface area contributed by atoms with E-state index in [1.807, 2.05) is 25.1 Å². The van der Waals surface area contributed by atoms with Crippen LogP contribution in [-0.2, 0) is 0 Å². The molecule has 6 heteroatoms. The predicted molar refractivity (Wildman–Crippen MR) is 89.5 cm³/mol. The molecular formula is C16H12ClN3OS. The summed E-state index contributed by atoms with van der Waals surface area (Å²) in [5.41, 5.74) is 1.44. The van der Waals surface area contributed by atoms with Crippen molar-refractivity contribution in [1.29, 1.82) is 0 Å². The van der Waals surface area contributed by atoms with Gasteiger partial charge >= 0.3 is 0 Å². The van der Waals surface area contributed by atoms with Gasteiger partial charge in [0.05, 0.1) is 23.0 Å². The molecule has 110 valence electrons. The van der Waals surface area contributed by atoms with E-state index in [9.17, 15) is 4.79 Å². The van der Waals surface area contributed by atoms with Gasteiger partial charge < -0.3 is 5.32 Å². The highest BCUT2D eigenvalue weighted by Gasteiger charge is 2.09. The van der Waals surface area contributed by atoms with E-state index in [4.69, 9.17) is 11.6 Å². The first-order chi connectivity index (χ1) is 10.6. The molecule has 1 amide bonds. The van der Waals surface area contributed by atoms with Crippen molar-refractivity contribution in [3.05, 3.63) is 63.6 Å². The molecule has 22 heavy (non-hydrogen) atoms. The van der Waals surface area contributed by atoms with E-state index in [-0.39, 0.29) is 5.91 Å². The molecule has 0 aliphatic rings. The average Bonchev–Trinajstić information content (AvgIpc) is 2.96. The van der Waals surface area contributed by atoms with Gasteiger partial charge in [-0.1, -0.05) is 11.6 Å². The SMILES string of the molecule is Cc1ccc(C(=O)Nc2cnc(-c3ccc(Cl)cc3)nc2)s1. The predicted octanol–water partition coefficient (Wildman–Crippen LogP) is 4.42. The first-order valence-corrected chi connectivity index (χ1v) is 7.77. The number of amides is 1. The summed E-state index contributed by atoms with van der Waals surface area (Å²) in [6.45, 7) is 1.96. The molecule has 1 N–H and O–H groups in total. The number of halogens is 1. The Morgan fingerprint density at radius 1 is 1.09 bits per heavy atom. The molecule has 2 heterocycles. The fraction of sp³-hybridized carbons (Fsp3) is 0.0625. The molecule has 2 aromatic heterocycles. The Balaban J connectivity index is 1.74. The van der Waals surface area contributed by atoms with Gasteiger partial charge in [-0.25, -0.2) is 9.97 Å². The molecule has 0 radical (unpaired) electrons. The van der Waals surface area contributed by atoms with Crippen LogP contribution in [0.5, 0.6) is 0 Å². The zero-order valence-electron chi connectivity index (χ0n) is 11.7. The van der Waals surface area contributed by atoms with Crippen molar-refractivity contribution in [3.63, 3.8) is 0 Å². The summed E-state index contributed by atoms with van der Waals surface area (Å²) in [5.74, 6) is 0.433. The number of hydrogen-bond acceptors (Lipinski definition) is 4. The lowest BCUT2D eigenvalue weighted by molar-refractivity contribution is 0.103. The summed E-state index contributed by atoms with van der Waals surface area (Å²) in [6, 6.07) is 11.0. The van der Waals surface area contributed by atoms with Crippen LogP contribution in [0.15, 0.2) is 48.8 Å². The highest BCUT2D eigenvalue weighted by atomic mass is 35.5. The zero-order valence-corrected chi connectivity index (χ0v) is 13.3. The van der Waals surface area contributed by atoms with Gasteiger partial charge in [-0.3, -0.25) is 4.79 Å². The van der Waals surface area contributed by atoms with Crippen LogP contribution in [0, 0.1) is 6.92 Å². The molecule has 0 unspecified atom stereocenters. The lowest BCUT2D eigenvalue weighted by atomic mass is 10.2. The molecule has 0 aliphatic heterocycles. The standard InChI is InChI=1S/C16H12ClN3OS/c1-10-2-7-14(22-10)16(21)20-13-8-18-15(19-9-13)11-3-5-12(17)6-4-11/h2-9H,1H3,(H,20,21). The fourth-order valence-electron chi connectivity index (χ4n) is 1.89. The highest BCUT2D eigenvalue weighted by molar-refractivity contribution is 7.14. The average molecular weight is 330 g/mol. The number of thiophene rings is 1. The number of aromatic nitrogens is 2. The number of rotatable bonds is 3. The van der Waals surface area contributed by atoms with Gasteiger partial charge in [-0.05, 0) is 43.3 Å². The molecule has 0 aliphatic carbocycles. The molecule has 0 spiro atoms. The van der Waals surface area contributed by atoms with Crippen LogP contribution in [0.25, 0.3) is 11.4 Å². The smallest absolute Gasteiger partial charge is 0.265 e. The second-order valence-corrected chi connectivity index (χ2v) is 6.39. The maximum Gasteiger partial charge on any atom is 0.265 e. The minimum absolute atomic E-state index is 0.152. The van der Waals surface area contributed by atoms with Gasteiger partial charge in [-0.2, -0.15) is 0 Å². The number of nitrogens with zero attached hydrogens (tertiary/aromatic N) is 2. The lowest BCUT2D eigenvalue weighted by Crippen LogP contribution is -2.10. The topological polar surface area (TPSA) is 54.9 Å². The molecule has 4 nitrogen and oxygen atoms in total. The van der Waals surface area contributed by atoms with Crippen LogP contribution in [-0.4, -0.2) is 15.9 Å². The second-order valence-electron chi connectivity index (χ2n) is 4.67. The quantitative estimate of drug-likeness (QED) is 0.774. The van der Waals surface area contributed by atoms with E-state index in [2.05, 4.69) is 15.3 Å². The highest BCUT2D eigenvalue weighted by Crippen LogP contribution is 2.20. The molecular weight excluding hydrogens is 318 g/mol. The molecule has 0 fully saturated rings. The van der Waals surface area contributed by atoms with Crippen LogP contribution < -0.4 is 5.32 Å². The van der Waals surface area contributed by atoms with Crippen LogP contribution in [0.3, 0.4) is 0 Å². The maximum absolute atomic E-state index is 12.0. The van der Waals surface area contributed by atoms with Crippen LogP contribution in [0.4, 0.5) is 5.69 Å². The van der Waals surface area contributed by atoms with E-state index in [0.717, 1.165) is 10.4 Å². The summed E-state index contributed by atoms with van der Waals surface area (Å²) < 4.78 is 0. The Kier molecular flexibility index (Phi) is 4.18. The van der Waals surface area contributed by atoms with Crippen molar-refractivity contribution in [2.75, 3.05) is 5.32 Å².